The molecule has 0 bridgehead atoms. The lowest BCUT2D eigenvalue weighted by molar-refractivity contribution is 0.269. The SMILES string of the molecule is Cl.ClCCN1CCCCc2ccccc2C1. The average molecular weight is 260 g/mol. The number of nitrogens with zero attached hydrogens (tertiary/aromatic N) is 1. The number of aryl methyl sites for hydroxylation is 1. The van der Waals surface area contributed by atoms with E-state index >= 15 is 0 Å². The van der Waals surface area contributed by atoms with Crippen molar-refractivity contribution in [1.82, 2.24) is 4.90 Å². The van der Waals surface area contributed by atoms with Gasteiger partial charge in [-0.25, -0.2) is 0 Å². The molecule has 1 nitrogen and oxygen atoms in total. The Morgan fingerprint density at radius 1 is 1.12 bits per heavy atom. The Balaban J connectivity index is 0.00000128. The Morgan fingerprint density at radius 3 is 2.62 bits per heavy atom. The fourth-order valence-electron chi connectivity index (χ4n) is 2.24. The van der Waals surface area contributed by atoms with Gasteiger partial charge in [0.25, 0.3) is 0 Å². The fourth-order valence-corrected chi connectivity index (χ4v) is 2.48. The Labute approximate surface area is 109 Å². The summed E-state index contributed by atoms with van der Waals surface area (Å²) >= 11 is 5.81. The monoisotopic (exact) mass is 259 g/mol. The molecular formula is C13H19Cl2N. The first-order valence-electron chi connectivity index (χ1n) is 5.75. The van der Waals surface area contributed by atoms with Gasteiger partial charge in [-0.15, -0.1) is 24.0 Å². The standard InChI is InChI=1S/C13H18ClN.ClH/c14-8-10-15-9-4-3-6-12-5-1-2-7-13(12)11-15;/h1-2,5,7H,3-4,6,8-11H2;1H. The van der Waals surface area contributed by atoms with Crippen LogP contribution in [0.25, 0.3) is 0 Å². The second kappa shape index (κ2) is 7.16. The maximum absolute atomic E-state index is 5.81. The van der Waals surface area contributed by atoms with Crippen molar-refractivity contribution in [1.29, 1.82) is 0 Å². The highest BCUT2D eigenvalue weighted by Gasteiger charge is 2.11. The fraction of sp³-hybridized carbons (Fsp3) is 0.538. The van der Waals surface area contributed by atoms with Gasteiger partial charge in [0.05, 0.1) is 0 Å². The van der Waals surface area contributed by atoms with Crippen molar-refractivity contribution in [3.05, 3.63) is 35.4 Å². The molecule has 1 aromatic rings. The summed E-state index contributed by atoms with van der Waals surface area (Å²) in [6.07, 6.45) is 3.84. The maximum atomic E-state index is 5.81. The summed E-state index contributed by atoms with van der Waals surface area (Å²) in [6, 6.07) is 8.80. The highest BCUT2D eigenvalue weighted by Crippen LogP contribution is 2.17. The summed E-state index contributed by atoms with van der Waals surface area (Å²) in [4.78, 5) is 2.46. The molecule has 0 saturated carbocycles. The summed E-state index contributed by atoms with van der Waals surface area (Å²) < 4.78 is 0. The Hall–Kier alpha value is -0.240. The van der Waals surface area contributed by atoms with Crippen molar-refractivity contribution in [2.45, 2.75) is 25.8 Å². The molecule has 0 amide bonds. The molecule has 0 unspecified atom stereocenters. The highest BCUT2D eigenvalue weighted by atomic mass is 35.5. The zero-order valence-corrected chi connectivity index (χ0v) is 11.1. The largest absolute Gasteiger partial charge is 0.298 e. The smallest absolute Gasteiger partial charge is 0.0351 e. The molecule has 0 saturated heterocycles. The van der Waals surface area contributed by atoms with Crippen LogP contribution in [0, 0.1) is 0 Å². The van der Waals surface area contributed by atoms with Gasteiger partial charge >= 0.3 is 0 Å². The van der Waals surface area contributed by atoms with E-state index in [2.05, 4.69) is 29.2 Å². The van der Waals surface area contributed by atoms with E-state index < -0.39 is 0 Å². The van der Waals surface area contributed by atoms with E-state index in [1.54, 1.807) is 0 Å². The summed E-state index contributed by atoms with van der Waals surface area (Å²) in [5.74, 6) is 0.738. The molecule has 0 atom stereocenters. The van der Waals surface area contributed by atoms with Crippen LogP contribution >= 0.6 is 24.0 Å². The number of benzene rings is 1. The lowest BCUT2D eigenvalue weighted by Gasteiger charge is -2.25. The van der Waals surface area contributed by atoms with E-state index in [0.29, 0.717) is 0 Å². The summed E-state index contributed by atoms with van der Waals surface area (Å²) in [5, 5.41) is 0. The van der Waals surface area contributed by atoms with Crippen molar-refractivity contribution in [3.8, 4) is 0 Å². The van der Waals surface area contributed by atoms with Crippen LogP contribution in [0.15, 0.2) is 24.3 Å². The molecule has 0 aliphatic carbocycles. The van der Waals surface area contributed by atoms with Gasteiger partial charge in [-0.2, -0.15) is 0 Å². The molecular weight excluding hydrogens is 241 g/mol. The molecule has 1 aliphatic heterocycles. The Bertz CT molecular complexity index is 315. The van der Waals surface area contributed by atoms with Gasteiger partial charge in [0.15, 0.2) is 0 Å². The third-order valence-corrected chi connectivity index (χ3v) is 3.25. The molecule has 1 heterocycles. The first-order valence-corrected chi connectivity index (χ1v) is 6.28. The lowest BCUT2D eigenvalue weighted by Crippen LogP contribution is -2.28. The molecule has 0 N–H and O–H groups in total. The van der Waals surface area contributed by atoms with E-state index in [1.807, 2.05) is 0 Å². The second-order valence-corrected chi connectivity index (χ2v) is 4.57. The minimum atomic E-state index is 0. The first kappa shape index (κ1) is 13.8. The van der Waals surface area contributed by atoms with Crippen molar-refractivity contribution >= 4 is 24.0 Å². The molecule has 16 heavy (non-hydrogen) atoms. The third kappa shape index (κ3) is 3.65. The number of alkyl halides is 1. The van der Waals surface area contributed by atoms with Crippen LogP contribution in [0.4, 0.5) is 0 Å². The van der Waals surface area contributed by atoms with Crippen LogP contribution in [0.3, 0.4) is 0 Å². The van der Waals surface area contributed by atoms with Crippen LogP contribution < -0.4 is 0 Å². The zero-order chi connectivity index (χ0) is 10.5. The van der Waals surface area contributed by atoms with Gasteiger partial charge in [0, 0.05) is 19.0 Å². The van der Waals surface area contributed by atoms with E-state index in [1.165, 1.54) is 36.9 Å². The molecule has 90 valence electrons. The molecule has 0 spiro atoms. The maximum Gasteiger partial charge on any atom is 0.0351 e. The Kier molecular flexibility index (Phi) is 6.18. The molecule has 0 aromatic heterocycles. The predicted octanol–water partition coefficient (Wildman–Crippen LogP) is 3.49. The van der Waals surface area contributed by atoms with Gasteiger partial charge in [0.2, 0.25) is 0 Å². The lowest BCUT2D eigenvalue weighted by atomic mass is 9.99. The van der Waals surface area contributed by atoms with E-state index in [-0.39, 0.29) is 12.4 Å². The summed E-state index contributed by atoms with van der Waals surface area (Å²) in [7, 11) is 0. The van der Waals surface area contributed by atoms with Crippen molar-refractivity contribution in [3.63, 3.8) is 0 Å². The zero-order valence-electron chi connectivity index (χ0n) is 9.49. The number of hydrogen-bond donors (Lipinski definition) is 0. The summed E-state index contributed by atoms with van der Waals surface area (Å²) in [5.41, 5.74) is 3.01. The highest BCUT2D eigenvalue weighted by molar-refractivity contribution is 6.18. The molecule has 0 fully saturated rings. The quantitative estimate of drug-likeness (QED) is 0.736. The van der Waals surface area contributed by atoms with Crippen LogP contribution in [-0.4, -0.2) is 23.9 Å². The normalized spacial score (nSPS) is 16.8. The van der Waals surface area contributed by atoms with Crippen LogP contribution in [0.5, 0.6) is 0 Å². The van der Waals surface area contributed by atoms with Crippen LogP contribution in [-0.2, 0) is 13.0 Å². The second-order valence-electron chi connectivity index (χ2n) is 4.19. The molecule has 3 heteroatoms. The number of hydrogen-bond acceptors (Lipinski definition) is 1. The number of halogens is 2. The number of rotatable bonds is 2. The Morgan fingerprint density at radius 2 is 1.88 bits per heavy atom. The van der Waals surface area contributed by atoms with Gasteiger partial charge in [-0.3, -0.25) is 4.90 Å². The topological polar surface area (TPSA) is 3.24 Å². The minimum Gasteiger partial charge on any atom is -0.298 e. The first-order chi connectivity index (χ1) is 7.40. The van der Waals surface area contributed by atoms with E-state index in [0.717, 1.165) is 19.0 Å². The van der Waals surface area contributed by atoms with Gasteiger partial charge in [0.1, 0.15) is 0 Å². The van der Waals surface area contributed by atoms with Crippen molar-refractivity contribution < 1.29 is 0 Å². The van der Waals surface area contributed by atoms with E-state index in [4.69, 9.17) is 11.6 Å². The molecule has 1 aromatic carbocycles. The molecule has 0 radical (unpaired) electrons. The minimum absolute atomic E-state index is 0. The molecule has 2 rings (SSSR count). The van der Waals surface area contributed by atoms with Crippen molar-refractivity contribution in [2.75, 3.05) is 19.0 Å². The molecule has 1 aliphatic rings. The predicted molar refractivity (Wildman–Crippen MR) is 72.6 cm³/mol. The summed E-state index contributed by atoms with van der Waals surface area (Å²) in [6.45, 7) is 3.28. The van der Waals surface area contributed by atoms with Crippen LogP contribution in [0.2, 0.25) is 0 Å². The van der Waals surface area contributed by atoms with Gasteiger partial charge < -0.3 is 0 Å². The van der Waals surface area contributed by atoms with Gasteiger partial charge in [-0.05, 0) is 36.9 Å². The third-order valence-electron chi connectivity index (χ3n) is 3.08. The van der Waals surface area contributed by atoms with Crippen LogP contribution in [0.1, 0.15) is 24.0 Å². The van der Waals surface area contributed by atoms with Gasteiger partial charge in [-0.1, -0.05) is 24.3 Å². The number of fused-ring (bicyclic) bond motifs is 1. The van der Waals surface area contributed by atoms with Crippen molar-refractivity contribution in [2.24, 2.45) is 0 Å². The average Bonchev–Trinajstić information content (AvgIpc) is 2.22. The van der Waals surface area contributed by atoms with E-state index in [9.17, 15) is 0 Å².